The van der Waals surface area contributed by atoms with E-state index < -0.39 is 5.97 Å². The van der Waals surface area contributed by atoms with Crippen molar-refractivity contribution in [2.75, 3.05) is 5.73 Å². The molecule has 1 unspecified atom stereocenters. The molecule has 94 valence electrons. The van der Waals surface area contributed by atoms with Crippen molar-refractivity contribution in [3.8, 4) is 0 Å². The summed E-state index contributed by atoms with van der Waals surface area (Å²) in [5, 5.41) is 3.91. The number of anilines is 1. The first-order valence-corrected chi connectivity index (χ1v) is 5.63. The van der Waals surface area contributed by atoms with Crippen LogP contribution in [0.4, 0.5) is 5.69 Å². The summed E-state index contributed by atoms with van der Waals surface area (Å²) in [7, 11) is 1.65. The molecule has 1 aromatic heterocycles. The van der Waals surface area contributed by atoms with Gasteiger partial charge in [0.2, 0.25) is 0 Å². The summed E-state index contributed by atoms with van der Waals surface area (Å²) in [6, 6.07) is 9.53. The molecule has 5 heteroatoms. The van der Waals surface area contributed by atoms with Crippen LogP contribution >= 0.6 is 0 Å². The molecule has 0 radical (unpaired) electrons. The van der Waals surface area contributed by atoms with Crippen LogP contribution in [0.25, 0.3) is 0 Å². The number of hydrogen-bond acceptors (Lipinski definition) is 4. The zero-order valence-electron chi connectivity index (χ0n) is 10.3. The number of carbonyl (C=O) groups is 1. The lowest BCUT2D eigenvalue weighted by molar-refractivity contribution is 0.0326. The molecule has 2 rings (SSSR count). The van der Waals surface area contributed by atoms with Gasteiger partial charge in [0, 0.05) is 7.05 Å². The van der Waals surface area contributed by atoms with Crippen LogP contribution in [0.2, 0.25) is 0 Å². The molecular formula is C13H15N3O2. The fraction of sp³-hybridized carbons (Fsp3) is 0.231. The van der Waals surface area contributed by atoms with E-state index in [0.29, 0.717) is 5.69 Å². The molecule has 0 amide bonds. The van der Waals surface area contributed by atoms with Crippen LogP contribution < -0.4 is 5.73 Å². The van der Waals surface area contributed by atoms with Gasteiger partial charge in [-0.15, -0.1) is 0 Å². The molecule has 0 bridgehead atoms. The van der Waals surface area contributed by atoms with Gasteiger partial charge in [0.05, 0.1) is 11.9 Å². The number of rotatable bonds is 3. The zero-order valence-corrected chi connectivity index (χ0v) is 10.3. The van der Waals surface area contributed by atoms with Crippen molar-refractivity contribution >= 4 is 11.7 Å². The van der Waals surface area contributed by atoms with E-state index in [9.17, 15) is 4.79 Å². The third kappa shape index (κ3) is 2.34. The fourth-order valence-corrected chi connectivity index (χ4v) is 1.71. The Bertz CT molecular complexity index is 529. The van der Waals surface area contributed by atoms with Gasteiger partial charge in [0.15, 0.2) is 5.69 Å². The van der Waals surface area contributed by atoms with Crippen LogP contribution in [0.3, 0.4) is 0 Å². The number of nitrogen functional groups attached to an aromatic ring is 1. The Morgan fingerprint density at radius 1 is 1.39 bits per heavy atom. The van der Waals surface area contributed by atoms with Crippen molar-refractivity contribution in [3.63, 3.8) is 0 Å². The van der Waals surface area contributed by atoms with Gasteiger partial charge in [-0.1, -0.05) is 30.3 Å². The van der Waals surface area contributed by atoms with E-state index in [1.54, 1.807) is 7.05 Å². The van der Waals surface area contributed by atoms with E-state index in [1.807, 2.05) is 37.3 Å². The van der Waals surface area contributed by atoms with Gasteiger partial charge < -0.3 is 10.5 Å². The summed E-state index contributed by atoms with van der Waals surface area (Å²) in [4.78, 5) is 12.0. The lowest BCUT2D eigenvalue weighted by Gasteiger charge is -2.13. The first kappa shape index (κ1) is 12.2. The summed E-state index contributed by atoms with van der Waals surface area (Å²) in [6.45, 7) is 1.82. The minimum absolute atomic E-state index is 0.276. The van der Waals surface area contributed by atoms with Gasteiger partial charge in [-0.25, -0.2) is 4.79 Å². The third-order valence-corrected chi connectivity index (χ3v) is 2.71. The number of aryl methyl sites for hydroxylation is 1. The van der Waals surface area contributed by atoms with Gasteiger partial charge in [-0.2, -0.15) is 5.10 Å². The van der Waals surface area contributed by atoms with Crippen LogP contribution in [-0.2, 0) is 11.8 Å². The number of esters is 1. The van der Waals surface area contributed by atoms with E-state index in [0.717, 1.165) is 5.56 Å². The maximum absolute atomic E-state index is 12.0. The van der Waals surface area contributed by atoms with Gasteiger partial charge in [0.1, 0.15) is 6.10 Å². The highest BCUT2D eigenvalue weighted by atomic mass is 16.5. The largest absolute Gasteiger partial charge is 0.453 e. The summed E-state index contributed by atoms with van der Waals surface area (Å²) >= 11 is 0. The molecule has 0 fully saturated rings. The van der Waals surface area contributed by atoms with Crippen LogP contribution in [0.15, 0.2) is 36.5 Å². The monoisotopic (exact) mass is 245 g/mol. The van der Waals surface area contributed by atoms with Gasteiger partial charge in [0.25, 0.3) is 0 Å². The normalized spacial score (nSPS) is 12.1. The summed E-state index contributed by atoms with van der Waals surface area (Å²) in [6.07, 6.45) is 1.11. The highest BCUT2D eigenvalue weighted by molar-refractivity contribution is 5.93. The van der Waals surface area contributed by atoms with Crippen LogP contribution in [-0.4, -0.2) is 15.7 Å². The molecule has 2 N–H and O–H groups in total. The van der Waals surface area contributed by atoms with Crippen molar-refractivity contribution in [1.82, 2.24) is 9.78 Å². The van der Waals surface area contributed by atoms with Crippen LogP contribution in [0.5, 0.6) is 0 Å². The summed E-state index contributed by atoms with van der Waals surface area (Å²) < 4.78 is 6.77. The minimum Gasteiger partial charge on any atom is -0.453 e. The standard InChI is InChI=1S/C13H15N3O2/c1-9(10-6-4-3-5-7-10)18-13(17)12-11(14)8-15-16(12)2/h3-9H,14H2,1-2H3. The molecule has 1 atom stereocenters. The number of nitrogens with zero attached hydrogens (tertiary/aromatic N) is 2. The van der Waals surface area contributed by atoms with E-state index >= 15 is 0 Å². The third-order valence-electron chi connectivity index (χ3n) is 2.71. The summed E-state index contributed by atoms with van der Waals surface area (Å²) in [5.41, 5.74) is 7.21. The Hall–Kier alpha value is -2.30. The topological polar surface area (TPSA) is 70.1 Å². The van der Waals surface area contributed by atoms with Crippen molar-refractivity contribution in [1.29, 1.82) is 0 Å². The maximum atomic E-state index is 12.0. The predicted molar refractivity (Wildman–Crippen MR) is 67.9 cm³/mol. The molecule has 0 aliphatic carbocycles. The van der Waals surface area contributed by atoms with E-state index in [1.165, 1.54) is 10.9 Å². The Labute approximate surface area is 105 Å². The number of nitrogens with two attached hydrogens (primary N) is 1. The smallest absolute Gasteiger partial charge is 0.359 e. The first-order valence-electron chi connectivity index (χ1n) is 5.63. The summed E-state index contributed by atoms with van der Waals surface area (Å²) in [5.74, 6) is -0.469. The molecule has 0 saturated carbocycles. The number of hydrogen-bond donors (Lipinski definition) is 1. The van der Waals surface area contributed by atoms with Crippen LogP contribution in [0, 0.1) is 0 Å². The Morgan fingerprint density at radius 3 is 2.61 bits per heavy atom. The Kier molecular flexibility index (Phi) is 3.32. The lowest BCUT2D eigenvalue weighted by atomic mass is 10.1. The van der Waals surface area contributed by atoms with Gasteiger partial charge in [-0.3, -0.25) is 4.68 Å². The highest BCUT2D eigenvalue weighted by Gasteiger charge is 2.19. The molecule has 5 nitrogen and oxygen atoms in total. The lowest BCUT2D eigenvalue weighted by Crippen LogP contribution is -2.14. The maximum Gasteiger partial charge on any atom is 0.359 e. The average Bonchev–Trinajstić information content (AvgIpc) is 2.70. The van der Waals surface area contributed by atoms with Crippen molar-refractivity contribution in [3.05, 3.63) is 47.8 Å². The first-order chi connectivity index (χ1) is 8.59. The van der Waals surface area contributed by atoms with Crippen molar-refractivity contribution in [2.45, 2.75) is 13.0 Å². The Balaban J connectivity index is 2.13. The van der Waals surface area contributed by atoms with E-state index in [4.69, 9.17) is 10.5 Å². The average molecular weight is 245 g/mol. The zero-order chi connectivity index (χ0) is 13.1. The SMILES string of the molecule is CC(OC(=O)c1c(N)cnn1C)c1ccccc1. The second-order valence-electron chi connectivity index (χ2n) is 4.03. The van der Waals surface area contributed by atoms with Gasteiger partial charge in [-0.05, 0) is 12.5 Å². The second-order valence-corrected chi connectivity index (χ2v) is 4.03. The van der Waals surface area contributed by atoms with E-state index in [-0.39, 0.29) is 11.8 Å². The number of ether oxygens (including phenoxy) is 1. The molecule has 0 saturated heterocycles. The molecule has 1 heterocycles. The number of carbonyl (C=O) groups excluding carboxylic acids is 1. The van der Waals surface area contributed by atoms with Crippen molar-refractivity contribution < 1.29 is 9.53 Å². The molecule has 0 spiro atoms. The minimum atomic E-state index is -0.469. The molecule has 0 aliphatic rings. The predicted octanol–water partition coefficient (Wildman–Crippen LogP) is 1.92. The van der Waals surface area contributed by atoms with Crippen LogP contribution in [0.1, 0.15) is 29.1 Å². The van der Waals surface area contributed by atoms with Gasteiger partial charge >= 0.3 is 5.97 Å². The molecule has 2 aromatic rings. The fourth-order valence-electron chi connectivity index (χ4n) is 1.71. The quantitative estimate of drug-likeness (QED) is 0.839. The van der Waals surface area contributed by atoms with E-state index in [2.05, 4.69) is 5.10 Å². The molecule has 0 aliphatic heterocycles. The highest BCUT2D eigenvalue weighted by Crippen LogP contribution is 2.19. The number of aromatic nitrogens is 2. The molecular weight excluding hydrogens is 230 g/mol. The second kappa shape index (κ2) is 4.91. The number of benzene rings is 1. The Morgan fingerprint density at radius 2 is 2.06 bits per heavy atom. The molecule has 18 heavy (non-hydrogen) atoms. The van der Waals surface area contributed by atoms with Crippen molar-refractivity contribution in [2.24, 2.45) is 7.05 Å². The molecule has 1 aromatic carbocycles.